The van der Waals surface area contributed by atoms with Crippen molar-refractivity contribution in [3.8, 4) is 5.75 Å². The van der Waals surface area contributed by atoms with Gasteiger partial charge in [-0.25, -0.2) is 0 Å². The van der Waals surface area contributed by atoms with Gasteiger partial charge in [0, 0.05) is 19.5 Å². The SMILES string of the molecule is COc1cccc(/C=C/CN)c1.Cc1oc2cccc[n+]2c1P(c1ccccc1)c1ccccc1. The number of fused-ring (bicyclic) bond motifs is 1. The van der Waals surface area contributed by atoms with E-state index in [1.54, 1.807) is 7.11 Å². The molecule has 0 aliphatic carbocycles. The Balaban J connectivity index is 0.000000204. The molecular formula is C30H30N2O2P+. The smallest absolute Gasteiger partial charge is 0.379 e. The van der Waals surface area contributed by atoms with Crippen LogP contribution < -0.4 is 30.9 Å². The fraction of sp³-hybridized carbons (Fsp3) is 0.100. The van der Waals surface area contributed by atoms with Crippen molar-refractivity contribution in [2.75, 3.05) is 13.7 Å². The molecule has 0 aliphatic rings. The Morgan fingerprint density at radius 3 is 2.14 bits per heavy atom. The van der Waals surface area contributed by atoms with Crippen molar-refractivity contribution in [3.63, 3.8) is 0 Å². The van der Waals surface area contributed by atoms with Crippen LogP contribution in [0.2, 0.25) is 0 Å². The summed E-state index contributed by atoms with van der Waals surface area (Å²) in [4.78, 5) is 0. The van der Waals surface area contributed by atoms with Crippen molar-refractivity contribution in [3.05, 3.63) is 127 Å². The topological polar surface area (TPSA) is 52.5 Å². The zero-order valence-electron chi connectivity index (χ0n) is 20.0. The standard InChI is InChI=1S/C20H17NOP.C10H13NO/c1-16-20(21-15-9-8-14-19(21)22-16)23(17-10-4-2-5-11-17)18-12-6-3-7-13-18;1-12-10-6-2-4-9(8-10)5-3-7-11/h2-15H,1H3;2-6,8H,7,11H2,1H3/q+1;/b;5-3+. The molecule has 2 aromatic heterocycles. The minimum absolute atomic E-state index is 0.567. The molecular weight excluding hydrogens is 451 g/mol. The number of ether oxygens (including phenoxy) is 1. The van der Waals surface area contributed by atoms with Crippen LogP contribution in [-0.4, -0.2) is 13.7 Å². The first-order valence-electron chi connectivity index (χ1n) is 11.5. The van der Waals surface area contributed by atoms with Crippen LogP contribution in [0.15, 0.2) is 120 Å². The summed E-state index contributed by atoms with van der Waals surface area (Å²) < 4.78 is 13.3. The van der Waals surface area contributed by atoms with Crippen molar-refractivity contribution in [2.24, 2.45) is 5.73 Å². The van der Waals surface area contributed by atoms with Crippen LogP contribution in [0.3, 0.4) is 0 Å². The van der Waals surface area contributed by atoms with Crippen LogP contribution >= 0.6 is 7.92 Å². The molecule has 176 valence electrons. The molecule has 5 rings (SSSR count). The van der Waals surface area contributed by atoms with Crippen molar-refractivity contribution in [1.29, 1.82) is 0 Å². The lowest BCUT2D eigenvalue weighted by atomic mass is 10.2. The van der Waals surface area contributed by atoms with E-state index >= 15 is 0 Å². The number of hydrogen-bond donors (Lipinski definition) is 1. The summed E-state index contributed by atoms with van der Waals surface area (Å²) in [5.41, 5.74) is 8.57. The first-order valence-corrected chi connectivity index (χ1v) is 12.9. The van der Waals surface area contributed by atoms with Gasteiger partial charge in [-0.3, -0.25) is 0 Å². The highest BCUT2D eigenvalue weighted by molar-refractivity contribution is 7.79. The van der Waals surface area contributed by atoms with Crippen LogP contribution in [0, 0.1) is 6.92 Å². The highest BCUT2D eigenvalue weighted by Gasteiger charge is 2.30. The lowest BCUT2D eigenvalue weighted by molar-refractivity contribution is -0.493. The summed E-state index contributed by atoms with van der Waals surface area (Å²) in [5.74, 6) is 1.85. The Labute approximate surface area is 208 Å². The molecule has 0 aliphatic heterocycles. The van der Waals surface area contributed by atoms with E-state index in [2.05, 4.69) is 84.3 Å². The van der Waals surface area contributed by atoms with Crippen molar-refractivity contribution >= 4 is 35.8 Å². The van der Waals surface area contributed by atoms with E-state index in [0.717, 1.165) is 22.8 Å². The van der Waals surface area contributed by atoms with Gasteiger partial charge in [-0.1, -0.05) is 84.9 Å². The van der Waals surface area contributed by atoms with Gasteiger partial charge >= 0.3 is 5.71 Å². The molecule has 2 heterocycles. The average Bonchev–Trinajstić information content (AvgIpc) is 3.25. The minimum atomic E-state index is -0.660. The second-order valence-corrected chi connectivity index (χ2v) is 9.94. The maximum atomic E-state index is 6.00. The summed E-state index contributed by atoms with van der Waals surface area (Å²) in [6.45, 7) is 2.63. The number of pyridine rings is 1. The number of rotatable bonds is 6. The molecule has 5 heteroatoms. The van der Waals surface area contributed by atoms with E-state index in [0.29, 0.717) is 6.54 Å². The third-order valence-corrected chi connectivity index (χ3v) is 7.99. The monoisotopic (exact) mass is 481 g/mol. The summed E-state index contributed by atoms with van der Waals surface area (Å²) in [6.07, 6.45) is 5.97. The van der Waals surface area contributed by atoms with Gasteiger partial charge < -0.3 is 14.9 Å². The second-order valence-electron chi connectivity index (χ2n) is 7.81. The van der Waals surface area contributed by atoms with Gasteiger partial charge in [0.05, 0.1) is 21.1 Å². The molecule has 4 nitrogen and oxygen atoms in total. The normalized spacial score (nSPS) is 11.0. The van der Waals surface area contributed by atoms with Crippen LogP contribution in [0.5, 0.6) is 5.75 Å². The van der Waals surface area contributed by atoms with E-state index in [4.69, 9.17) is 14.9 Å². The van der Waals surface area contributed by atoms with E-state index in [1.165, 1.54) is 16.0 Å². The fourth-order valence-corrected chi connectivity index (χ4v) is 6.29. The van der Waals surface area contributed by atoms with Gasteiger partial charge in [-0.05, 0) is 34.4 Å². The van der Waals surface area contributed by atoms with Gasteiger partial charge in [0.2, 0.25) is 0 Å². The van der Waals surface area contributed by atoms with Crippen molar-refractivity contribution < 1.29 is 13.6 Å². The molecule has 0 spiro atoms. The Morgan fingerprint density at radius 1 is 0.857 bits per heavy atom. The number of aromatic nitrogens is 1. The summed E-state index contributed by atoms with van der Waals surface area (Å²) >= 11 is 0. The Bertz CT molecular complexity index is 1340. The van der Waals surface area contributed by atoms with Gasteiger partial charge in [0.25, 0.3) is 5.44 Å². The molecule has 35 heavy (non-hydrogen) atoms. The molecule has 0 saturated heterocycles. The third kappa shape index (κ3) is 6.05. The largest absolute Gasteiger partial charge is 0.497 e. The molecule has 0 saturated carbocycles. The molecule has 5 aromatic rings. The predicted molar refractivity (Wildman–Crippen MR) is 146 cm³/mol. The van der Waals surface area contributed by atoms with Crippen LogP contribution in [-0.2, 0) is 0 Å². The highest BCUT2D eigenvalue weighted by Crippen LogP contribution is 2.33. The minimum Gasteiger partial charge on any atom is -0.497 e. The molecule has 3 aromatic carbocycles. The number of nitrogens with zero attached hydrogens (tertiary/aromatic N) is 1. The quantitative estimate of drug-likeness (QED) is 0.281. The second kappa shape index (κ2) is 12.1. The van der Waals surface area contributed by atoms with Gasteiger partial charge in [-0.2, -0.15) is 0 Å². The highest BCUT2D eigenvalue weighted by atomic mass is 31.1. The summed E-state index contributed by atoms with van der Waals surface area (Å²) in [5, 5.41) is 2.66. The molecule has 0 unspecified atom stereocenters. The molecule has 0 amide bonds. The maximum Gasteiger partial charge on any atom is 0.379 e. The van der Waals surface area contributed by atoms with E-state index in [-0.39, 0.29) is 0 Å². The zero-order valence-corrected chi connectivity index (χ0v) is 20.9. The lowest BCUT2D eigenvalue weighted by Crippen LogP contribution is -2.40. The molecule has 0 fully saturated rings. The van der Waals surface area contributed by atoms with Crippen LogP contribution in [0.1, 0.15) is 11.3 Å². The molecule has 0 atom stereocenters. The molecule has 0 radical (unpaired) electrons. The fourth-order valence-electron chi connectivity index (χ4n) is 3.82. The Hall–Kier alpha value is -3.72. The van der Waals surface area contributed by atoms with E-state index in [1.807, 2.05) is 48.6 Å². The van der Waals surface area contributed by atoms with Crippen LogP contribution in [0.4, 0.5) is 0 Å². The average molecular weight is 482 g/mol. The summed E-state index contributed by atoms with van der Waals surface area (Å²) in [7, 11) is 0.998. The number of benzene rings is 3. The zero-order chi connectivity index (χ0) is 24.5. The summed E-state index contributed by atoms with van der Waals surface area (Å²) in [6, 6.07) is 35.3. The first kappa shape index (κ1) is 24.4. The molecule has 0 bridgehead atoms. The number of hydrogen-bond acceptors (Lipinski definition) is 3. The maximum absolute atomic E-state index is 6.00. The number of oxazole rings is 1. The van der Waals surface area contributed by atoms with Crippen molar-refractivity contribution in [2.45, 2.75) is 6.92 Å². The number of methoxy groups -OCH3 is 1. The number of aryl methyl sites for hydroxylation is 1. The first-order chi connectivity index (χ1) is 17.2. The number of nitrogens with two attached hydrogens (primary N) is 1. The van der Waals surface area contributed by atoms with Crippen LogP contribution in [0.25, 0.3) is 11.8 Å². The lowest BCUT2D eigenvalue weighted by Gasteiger charge is -2.14. The van der Waals surface area contributed by atoms with Gasteiger partial charge in [0.1, 0.15) is 5.75 Å². The van der Waals surface area contributed by atoms with E-state index in [9.17, 15) is 0 Å². The third-order valence-electron chi connectivity index (χ3n) is 5.40. The van der Waals surface area contributed by atoms with E-state index < -0.39 is 7.92 Å². The Morgan fingerprint density at radius 2 is 1.51 bits per heavy atom. The predicted octanol–water partition coefficient (Wildman–Crippen LogP) is 4.75. The van der Waals surface area contributed by atoms with Gasteiger partial charge in [0.15, 0.2) is 12.0 Å². The van der Waals surface area contributed by atoms with Gasteiger partial charge in [-0.15, -0.1) is 4.40 Å². The van der Waals surface area contributed by atoms with Crippen molar-refractivity contribution in [1.82, 2.24) is 0 Å². The molecule has 2 N–H and O–H groups in total. The Kier molecular flexibility index (Phi) is 8.45.